The molecule has 2 atom stereocenters. The summed E-state index contributed by atoms with van der Waals surface area (Å²) in [4.78, 5) is 14.3. The standard InChI is InChI=1S/C16H21FN2O2/c1-11-9-12(4-5-13(11)17)15-10-19(7-8-21-15)16(20)14-3-2-6-18-14/h4-5,9,14-15,18H,2-3,6-8,10H2,1H3/t14-,15-/m0/s1. The molecule has 4 nitrogen and oxygen atoms in total. The lowest BCUT2D eigenvalue weighted by Crippen LogP contribution is -2.49. The van der Waals surface area contributed by atoms with Gasteiger partial charge in [-0.15, -0.1) is 0 Å². The zero-order chi connectivity index (χ0) is 14.8. The number of ether oxygens (including phenoxy) is 1. The topological polar surface area (TPSA) is 41.6 Å². The smallest absolute Gasteiger partial charge is 0.239 e. The summed E-state index contributed by atoms with van der Waals surface area (Å²) in [7, 11) is 0. The first kappa shape index (κ1) is 14.5. The van der Waals surface area contributed by atoms with Crippen molar-refractivity contribution in [3.05, 3.63) is 35.1 Å². The molecule has 0 saturated carbocycles. The van der Waals surface area contributed by atoms with Crippen molar-refractivity contribution < 1.29 is 13.9 Å². The van der Waals surface area contributed by atoms with Gasteiger partial charge in [-0.1, -0.05) is 12.1 Å². The number of rotatable bonds is 2. The largest absolute Gasteiger partial charge is 0.370 e. The fourth-order valence-electron chi connectivity index (χ4n) is 3.03. The minimum atomic E-state index is -0.211. The molecule has 0 radical (unpaired) electrons. The Morgan fingerprint density at radius 2 is 2.33 bits per heavy atom. The van der Waals surface area contributed by atoms with Crippen molar-refractivity contribution >= 4 is 5.91 Å². The van der Waals surface area contributed by atoms with Gasteiger partial charge in [-0.05, 0) is 43.5 Å². The van der Waals surface area contributed by atoms with E-state index in [0.29, 0.717) is 25.3 Å². The van der Waals surface area contributed by atoms with E-state index in [1.807, 2.05) is 11.0 Å². The fourth-order valence-corrected chi connectivity index (χ4v) is 3.03. The van der Waals surface area contributed by atoms with Gasteiger partial charge in [-0.25, -0.2) is 4.39 Å². The molecule has 5 heteroatoms. The van der Waals surface area contributed by atoms with Crippen molar-refractivity contribution in [2.24, 2.45) is 0 Å². The maximum absolute atomic E-state index is 13.4. The van der Waals surface area contributed by atoms with Gasteiger partial charge in [0, 0.05) is 6.54 Å². The van der Waals surface area contributed by atoms with Crippen molar-refractivity contribution in [1.82, 2.24) is 10.2 Å². The molecule has 21 heavy (non-hydrogen) atoms. The van der Waals surface area contributed by atoms with E-state index in [4.69, 9.17) is 4.74 Å². The molecule has 2 aliphatic heterocycles. The summed E-state index contributed by atoms with van der Waals surface area (Å²) >= 11 is 0. The molecule has 2 heterocycles. The van der Waals surface area contributed by atoms with Crippen LogP contribution in [0.3, 0.4) is 0 Å². The van der Waals surface area contributed by atoms with Crippen LogP contribution in [0, 0.1) is 12.7 Å². The molecule has 1 aromatic carbocycles. The molecule has 0 unspecified atom stereocenters. The van der Waals surface area contributed by atoms with E-state index in [9.17, 15) is 9.18 Å². The van der Waals surface area contributed by atoms with Crippen molar-refractivity contribution in [1.29, 1.82) is 0 Å². The van der Waals surface area contributed by atoms with Crippen LogP contribution in [0.1, 0.15) is 30.1 Å². The van der Waals surface area contributed by atoms with Crippen LogP contribution in [0.5, 0.6) is 0 Å². The Hall–Kier alpha value is -1.46. The van der Waals surface area contributed by atoms with Gasteiger partial charge < -0.3 is 15.0 Å². The van der Waals surface area contributed by atoms with Crippen molar-refractivity contribution in [2.75, 3.05) is 26.2 Å². The lowest BCUT2D eigenvalue weighted by molar-refractivity contribution is -0.140. The maximum Gasteiger partial charge on any atom is 0.239 e. The Labute approximate surface area is 124 Å². The van der Waals surface area contributed by atoms with Gasteiger partial charge in [0.1, 0.15) is 11.9 Å². The first-order valence-corrected chi connectivity index (χ1v) is 7.55. The fraction of sp³-hybridized carbons (Fsp3) is 0.562. The number of carbonyl (C=O) groups is 1. The molecule has 0 aliphatic carbocycles. The molecule has 0 spiro atoms. The average molecular weight is 292 g/mol. The predicted octanol–water partition coefficient (Wildman–Crippen LogP) is 1.79. The number of halogens is 1. The monoisotopic (exact) mass is 292 g/mol. The van der Waals surface area contributed by atoms with Crippen LogP contribution >= 0.6 is 0 Å². The van der Waals surface area contributed by atoms with E-state index in [1.165, 1.54) is 6.07 Å². The number of carbonyl (C=O) groups excluding carboxylic acids is 1. The summed E-state index contributed by atoms with van der Waals surface area (Å²) < 4.78 is 19.1. The summed E-state index contributed by atoms with van der Waals surface area (Å²) in [6, 6.07) is 4.97. The molecule has 0 bridgehead atoms. The highest BCUT2D eigenvalue weighted by molar-refractivity contribution is 5.82. The number of nitrogens with zero attached hydrogens (tertiary/aromatic N) is 1. The number of morpholine rings is 1. The number of nitrogens with one attached hydrogen (secondary N) is 1. The first-order chi connectivity index (χ1) is 10.1. The van der Waals surface area contributed by atoms with Gasteiger partial charge in [0.2, 0.25) is 5.91 Å². The molecule has 0 aromatic heterocycles. The van der Waals surface area contributed by atoms with Crippen LogP contribution in [0.15, 0.2) is 18.2 Å². The molecule has 1 N–H and O–H groups in total. The molecule has 2 aliphatic rings. The van der Waals surface area contributed by atoms with Crippen molar-refractivity contribution in [3.8, 4) is 0 Å². The van der Waals surface area contributed by atoms with Crippen molar-refractivity contribution in [2.45, 2.75) is 31.9 Å². The second kappa shape index (κ2) is 6.12. The summed E-state index contributed by atoms with van der Waals surface area (Å²) in [5.41, 5.74) is 1.54. The van der Waals surface area contributed by atoms with Crippen LogP contribution in [-0.2, 0) is 9.53 Å². The minimum Gasteiger partial charge on any atom is -0.370 e. The van der Waals surface area contributed by atoms with Crippen LogP contribution in [0.2, 0.25) is 0 Å². The zero-order valence-electron chi connectivity index (χ0n) is 12.3. The quantitative estimate of drug-likeness (QED) is 0.903. The molecule has 1 amide bonds. The van der Waals surface area contributed by atoms with Gasteiger partial charge in [-0.2, -0.15) is 0 Å². The third-order valence-electron chi connectivity index (χ3n) is 4.29. The summed E-state index contributed by atoms with van der Waals surface area (Å²) in [6.45, 7) is 4.36. The number of hydrogen-bond acceptors (Lipinski definition) is 3. The Balaban J connectivity index is 1.70. The Bertz CT molecular complexity index is 529. The van der Waals surface area contributed by atoms with Gasteiger partial charge in [0.15, 0.2) is 0 Å². The van der Waals surface area contributed by atoms with E-state index in [2.05, 4.69) is 5.32 Å². The average Bonchev–Trinajstić information content (AvgIpc) is 3.04. The molecule has 2 fully saturated rings. The van der Waals surface area contributed by atoms with Crippen LogP contribution < -0.4 is 5.32 Å². The summed E-state index contributed by atoms with van der Waals surface area (Å²) in [5.74, 6) is -0.0442. The van der Waals surface area contributed by atoms with E-state index < -0.39 is 0 Å². The first-order valence-electron chi connectivity index (χ1n) is 7.55. The molecule has 114 valence electrons. The number of amides is 1. The molecule has 2 saturated heterocycles. The highest BCUT2D eigenvalue weighted by atomic mass is 19.1. The van der Waals surface area contributed by atoms with Crippen LogP contribution in [-0.4, -0.2) is 43.1 Å². The molecule has 1 aromatic rings. The highest BCUT2D eigenvalue weighted by Gasteiger charge is 2.31. The Morgan fingerprint density at radius 1 is 1.48 bits per heavy atom. The molecular weight excluding hydrogens is 271 g/mol. The Kier molecular flexibility index (Phi) is 4.22. The third kappa shape index (κ3) is 3.09. The van der Waals surface area contributed by atoms with Gasteiger partial charge in [0.05, 0.1) is 19.2 Å². The van der Waals surface area contributed by atoms with Gasteiger partial charge in [-0.3, -0.25) is 4.79 Å². The Morgan fingerprint density at radius 3 is 3.05 bits per heavy atom. The van der Waals surface area contributed by atoms with Crippen LogP contribution in [0.4, 0.5) is 4.39 Å². The zero-order valence-corrected chi connectivity index (χ0v) is 12.3. The summed E-state index contributed by atoms with van der Waals surface area (Å²) in [6.07, 6.45) is 1.81. The van der Waals surface area contributed by atoms with Crippen molar-refractivity contribution in [3.63, 3.8) is 0 Å². The number of hydrogen-bond donors (Lipinski definition) is 1. The van der Waals surface area contributed by atoms with E-state index in [1.54, 1.807) is 13.0 Å². The predicted molar refractivity (Wildman–Crippen MR) is 77.4 cm³/mol. The number of aryl methyl sites for hydroxylation is 1. The van der Waals surface area contributed by atoms with Crippen LogP contribution in [0.25, 0.3) is 0 Å². The SMILES string of the molecule is Cc1cc([C@@H]2CN(C(=O)[C@@H]3CCCN3)CCO2)ccc1F. The normalized spacial score (nSPS) is 26.1. The lowest BCUT2D eigenvalue weighted by atomic mass is 10.0. The molecular formula is C16H21FN2O2. The third-order valence-corrected chi connectivity index (χ3v) is 4.29. The second-order valence-corrected chi connectivity index (χ2v) is 5.80. The second-order valence-electron chi connectivity index (χ2n) is 5.80. The van der Waals surface area contributed by atoms with E-state index in [0.717, 1.165) is 24.9 Å². The van der Waals surface area contributed by atoms with E-state index >= 15 is 0 Å². The minimum absolute atomic E-state index is 0.0429. The summed E-state index contributed by atoms with van der Waals surface area (Å²) in [5, 5.41) is 3.24. The lowest BCUT2D eigenvalue weighted by Gasteiger charge is -2.34. The molecule has 3 rings (SSSR count). The van der Waals surface area contributed by atoms with E-state index in [-0.39, 0.29) is 23.9 Å². The maximum atomic E-state index is 13.4. The van der Waals surface area contributed by atoms with Gasteiger partial charge in [0.25, 0.3) is 0 Å². The van der Waals surface area contributed by atoms with Gasteiger partial charge >= 0.3 is 0 Å². The number of benzene rings is 1. The highest BCUT2D eigenvalue weighted by Crippen LogP contribution is 2.25.